The molecule has 0 spiro atoms. The van der Waals surface area contributed by atoms with E-state index in [1.165, 1.54) is 0 Å². The molecule has 0 saturated carbocycles. The van der Waals surface area contributed by atoms with Crippen molar-refractivity contribution in [2.24, 2.45) is 0 Å². The number of amides is 1. The van der Waals surface area contributed by atoms with Crippen LogP contribution in [0.3, 0.4) is 0 Å². The van der Waals surface area contributed by atoms with E-state index < -0.39 is 0 Å². The minimum atomic E-state index is 0.0185. The molecular formula is C9H13NO2. The Morgan fingerprint density at radius 1 is 1.58 bits per heavy atom. The first kappa shape index (κ1) is 7.65. The topological polar surface area (TPSA) is 29.5 Å². The van der Waals surface area contributed by atoms with E-state index >= 15 is 0 Å². The van der Waals surface area contributed by atoms with Gasteiger partial charge in [0.15, 0.2) is 6.23 Å². The molecule has 1 saturated heterocycles. The van der Waals surface area contributed by atoms with Crippen molar-refractivity contribution in [1.82, 2.24) is 4.90 Å². The van der Waals surface area contributed by atoms with Crippen molar-refractivity contribution in [3.8, 4) is 0 Å². The number of nitrogens with zero attached hydrogens (tertiary/aromatic N) is 1. The Bertz CT molecular complexity index is 213. The van der Waals surface area contributed by atoms with E-state index in [0.29, 0.717) is 6.42 Å². The molecule has 0 bridgehead atoms. The summed E-state index contributed by atoms with van der Waals surface area (Å²) >= 11 is 0. The van der Waals surface area contributed by atoms with Crippen molar-refractivity contribution in [3.63, 3.8) is 0 Å². The smallest absolute Gasteiger partial charge is 0.225 e. The normalized spacial score (nSPS) is 29.2. The number of ether oxygens (including phenoxy) is 1. The van der Waals surface area contributed by atoms with Gasteiger partial charge in [0.25, 0.3) is 0 Å². The summed E-state index contributed by atoms with van der Waals surface area (Å²) in [5.41, 5.74) is 0. The van der Waals surface area contributed by atoms with E-state index in [1.54, 1.807) is 6.26 Å². The molecule has 2 heterocycles. The summed E-state index contributed by atoms with van der Waals surface area (Å²) in [6, 6.07) is 0. The lowest BCUT2D eigenvalue weighted by atomic mass is 10.2. The molecule has 0 aromatic carbocycles. The molecule has 0 N–H and O–H groups in total. The summed E-state index contributed by atoms with van der Waals surface area (Å²) in [4.78, 5) is 13.1. The van der Waals surface area contributed by atoms with Crippen LogP contribution in [0, 0.1) is 0 Å². The highest BCUT2D eigenvalue weighted by Gasteiger charge is 2.28. The van der Waals surface area contributed by atoms with Crippen LogP contribution in [0.2, 0.25) is 0 Å². The van der Waals surface area contributed by atoms with Crippen molar-refractivity contribution in [2.75, 3.05) is 6.54 Å². The van der Waals surface area contributed by atoms with Crippen LogP contribution in [0.5, 0.6) is 0 Å². The predicted molar refractivity (Wildman–Crippen MR) is 44.2 cm³/mol. The molecule has 1 fully saturated rings. The fourth-order valence-electron chi connectivity index (χ4n) is 1.72. The van der Waals surface area contributed by atoms with Crippen LogP contribution >= 0.6 is 0 Å². The molecule has 12 heavy (non-hydrogen) atoms. The van der Waals surface area contributed by atoms with Gasteiger partial charge in [-0.2, -0.15) is 0 Å². The van der Waals surface area contributed by atoms with Crippen molar-refractivity contribution in [2.45, 2.75) is 31.9 Å². The van der Waals surface area contributed by atoms with Gasteiger partial charge in [0.1, 0.15) is 0 Å². The van der Waals surface area contributed by atoms with E-state index in [0.717, 1.165) is 25.8 Å². The van der Waals surface area contributed by atoms with Crippen LogP contribution in [0.1, 0.15) is 25.7 Å². The molecule has 3 heteroatoms. The van der Waals surface area contributed by atoms with Crippen LogP contribution in [-0.2, 0) is 9.53 Å². The van der Waals surface area contributed by atoms with Gasteiger partial charge in [-0.15, -0.1) is 0 Å². The number of rotatable bonds is 1. The molecule has 3 nitrogen and oxygen atoms in total. The molecule has 0 radical (unpaired) electrons. The van der Waals surface area contributed by atoms with Crippen LogP contribution in [-0.4, -0.2) is 23.6 Å². The number of carbonyl (C=O) groups is 1. The lowest BCUT2D eigenvalue weighted by molar-refractivity contribution is -0.137. The number of hydrogen-bond donors (Lipinski definition) is 0. The zero-order valence-corrected chi connectivity index (χ0v) is 7.03. The number of hydrogen-bond acceptors (Lipinski definition) is 2. The summed E-state index contributed by atoms with van der Waals surface area (Å²) in [7, 11) is 0. The molecule has 1 unspecified atom stereocenters. The molecular weight excluding hydrogens is 154 g/mol. The molecule has 0 aromatic rings. The van der Waals surface area contributed by atoms with Crippen molar-refractivity contribution in [1.29, 1.82) is 0 Å². The Hall–Kier alpha value is -0.990. The summed E-state index contributed by atoms with van der Waals surface area (Å²) in [6.45, 7) is 0.872. The maximum Gasteiger partial charge on any atom is 0.225 e. The highest BCUT2D eigenvalue weighted by Crippen LogP contribution is 2.20. The lowest BCUT2D eigenvalue weighted by Crippen LogP contribution is -2.37. The number of allylic oxidation sites excluding steroid dienone is 1. The van der Waals surface area contributed by atoms with E-state index in [4.69, 9.17) is 4.74 Å². The molecule has 1 amide bonds. The molecule has 66 valence electrons. The maximum absolute atomic E-state index is 11.3. The standard InChI is InChI=1S/C9H13NO2/c11-8-4-3-6-10(8)9-5-1-2-7-12-9/h2,7,9H,1,3-6H2. The largest absolute Gasteiger partial charge is 0.478 e. The first-order chi connectivity index (χ1) is 5.88. The van der Waals surface area contributed by atoms with Crippen LogP contribution < -0.4 is 0 Å². The Kier molecular flexibility index (Phi) is 2.02. The molecule has 1 atom stereocenters. The molecule has 2 rings (SSSR count). The average molecular weight is 167 g/mol. The Labute approximate surface area is 72.0 Å². The molecule has 2 aliphatic rings. The summed E-state index contributed by atoms with van der Waals surface area (Å²) in [5, 5.41) is 0. The van der Waals surface area contributed by atoms with Gasteiger partial charge >= 0.3 is 0 Å². The van der Waals surface area contributed by atoms with Crippen molar-refractivity contribution in [3.05, 3.63) is 12.3 Å². The van der Waals surface area contributed by atoms with E-state index in [-0.39, 0.29) is 12.1 Å². The van der Waals surface area contributed by atoms with E-state index in [1.807, 2.05) is 11.0 Å². The second-order valence-electron chi connectivity index (χ2n) is 3.23. The SMILES string of the molecule is O=C1CCCN1C1CCC=CO1. The van der Waals surface area contributed by atoms with Crippen LogP contribution in [0.25, 0.3) is 0 Å². The van der Waals surface area contributed by atoms with Crippen molar-refractivity contribution < 1.29 is 9.53 Å². The quantitative estimate of drug-likeness (QED) is 0.588. The fraction of sp³-hybridized carbons (Fsp3) is 0.667. The third-order valence-corrected chi connectivity index (χ3v) is 2.37. The average Bonchev–Trinajstić information content (AvgIpc) is 2.53. The number of carbonyl (C=O) groups excluding carboxylic acids is 1. The minimum absolute atomic E-state index is 0.0185. The number of likely N-dealkylation sites (tertiary alicyclic amines) is 1. The Morgan fingerprint density at radius 2 is 2.50 bits per heavy atom. The van der Waals surface area contributed by atoms with Gasteiger partial charge in [0.2, 0.25) is 5.91 Å². The summed E-state index contributed by atoms with van der Waals surface area (Å²) in [5.74, 6) is 0.246. The minimum Gasteiger partial charge on any atom is -0.478 e. The van der Waals surface area contributed by atoms with Gasteiger partial charge < -0.3 is 9.64 Å². The van der Waals surface area contributed by atoms with Gasteiger partial charge in [-0.3, -0.25) is 4.79 Å². The van der Waals surface area contributed by atoms with Crippen LogP contribution in [0.4, 0.5) is 0 Å². The van der Waals surface area contributed by atoms with Gasteiger partial charge in [0.05, 0.1) is 6.26 Å². The summed E-state index contributed by atoms with van der Waals surface area (Å²) < 4.78 is 5.36. The van der Waals surface area contributed by atoms with Gasteiger partial charge in [-0.25, -0.2) is 0 Å². The highest BCUT2D eigenvalue weighted by molar-refractivity contribution is 5.78. The molecule has 2 aliphatic heterocycles. The van der Waals surface area contributed by atoms with Crippen LogP contribution in [0.15, 0.2) is 12.3 Å². The third-order valence-electron chi connectivity index (χ3n) is 2.37. The second kappa shape index (κ2) is 3.17. The first-order valence-electron chi connectivity index (χ1n) is 4.48. The predicted octanol–water partition coefficient (Wildman–Crippen LogP) is 1.26. The Balaban J connectivity index is 1.99. The molecule has 0 aliphatic carbocycles. The van der Waals surface area contributed by atoms with E-state index in [9.17, 15) is 4.79 Å². The zero-order valence-electron chi connectivity index (χ0n) is 7.03. The first-order valence-corrected chi connectivity index (χ1v) is 4.48. The fourth-order valence-corrected chi connectivity index (χ4v) is 1.72. The maximum atomic E-state index is 11.3. The third kappa shape index (κ3) is 1.31. The van der Waals surface area contributed by atoms with Gasteiger partial charge in [0, 0.05) is 19.4 Å². The molecule has 0 aromatic heterocycles. The monoisotopic (exact) mass is 167 g/mol. The lowest BCUT2D eigenvalue weighted by Gasteiger charge is -2.28. The van der Waals surface area contributed by atoms with Gasteiger partial charge in [-0.1, -0.05) is 0 Å². The second-order valence-corrected chi connectivity index (χ2v) is 3.23. The zero-order chi connectivity index (χ0) is 8.39. The Morgan fingerprint density at radius 3 is 3.08 bits per heavy atom. The van der Waals surface area contributed by atoms with E-state index in [2.05, 4.69) is 0 Å². The van der Waals surface area contributed by atoms with Gasteiger partial charge in [-0.05, 0) is 18.9 Å². The highest BCUT2D eigenvalue weighted by atomic mass is 16.5. The summed E-state index contributed by atoms with van der Waals surface area (Å²) in [6.07, 6.45) is 7.38. The van der Waals surface area contributed by atoms with Crippen molar-refractivity contribution >= 4 is 5.91 Å².